The first-order chi connectivity index (χ1) is 11.1. The van der Waals surface area contributed by atoms with Crippen molar-refractivity contribution in [2.75, 3.05) is 31.6 Å². The number of anilines is 1. The van der Waals surface area contributed by atoms with E-state index in [2.05, 4.69) is 10.6 Å². The largest absolute Gasteiger partial charge is 0.449 e. The molecule has 3 amide bonds. The van der Waals surface area contributed by atoms with Crippen molar-refractivity contribution in [1.82, 2.24) is 10.2 Å². The average Bonchev–Trinajstić information content (AvgIpc) is 2.55. The van der Waals surface area contributed by atoms with E-state index in [-0.39, 0.29) is 24.3 Å². The predicted octanol–water partition coefficient (Wildman–Crippen LogP) is 1.07. The van der Waals surface area contributed by atoms with Crippen LogP contribution in [0.3, 0.4) is 0 Å². The van der Waals surface area contributed by atoms with Crippen LogP contribution in [-0.4, -0.2) is 49.0 Å². The predicted molar refractivity (Wildman–Crippen MR) is 83.0 cm³/mol. The molecule has 1 fully saturated rings. The molecule has 23 heavy (non-hydrogen) atoms. The molecule has 2 heterocycles. The van der Waals surface area contributed by atoms with Crippen LogP contribution in [0.1, 0.15) is 24.3 Å². The molecule has 1 aromatic carbocycles. The number of para-hydroxylation sites is 1. The van der Waals surface area contributed by atoms with Crippen LogP contribution in [0, 0.1) is 0 Å². The Balaban J connectivity index is 1.58. The van der Waals surface area contributed by atoms with Crippen molar-refractivity contribution in [2.45, 2.75) is 18.8 Å². The summed E-state index contributed by atoms with van der Waals surface area (Å²) in [6, 6.07) is 7.30. The van der Waals surface area contributed by atoms with Crippen LogP contribution in [0.5, 0.6) is 0 Å². The van der Waals surface area contributed by atoms with E-state index in [4.69, 9.17) is 4.74 Å². The zero-order valence-electron chi connectivity index (χ0n) is 12.7. The van der Waals surface area contributed by atoms with Gasteiger partial charge in [-0.05, 0) is 18.1 Å². The molecule has 2 N–H and O–H groups in total. The Morgan fingerprint density at radius 3 is 3.00 bits per heavy atom. The van der Waals surface area contributed by atoms with Gasteiger partial charge < -0.3 is 20.3 Å². The number of carbonyl (C=O) groups is 3. The number of hydrogen-bond acceptors (Lipinski definition) is 4. The summed E-state index contributed by atoms with van der Waals surface area (Å²) in [6.45, 7) is 1.85. The SMILES string of the molecule is O=C1CC(C(=O)NCCN2CCCOC2=O)c2ccccc2N1. The minimum Gasteiger partial charge on any atom is -0.449 e. The number of carbonyl (C=O) groups excluding carboxylic acids is 3. The maximum atomic E-state index is 12.4. The first kappa shape index (κ1) is 15.3. The van der Waals surface area contributed by atoms with Crippen molar-refractivity contribution >= 4 is 23.6 Å². The van der Waals surface area contributed by atoms with Crippen LogP contribution in [0.4, 0.5) is 10.5 Å². The molecule has 3 rings (SSSR count). The van der Waals surface area contributed by atoms with Crippen LogP contribution in [0.25, 0.3) is 0 Å². The Bertz CT molecular complexity index is 632. The van der Waals surface area contributed by atoms with Gasteiger partial charge in [-0.1, -0.05) is 18.2 Å². The fraction of sp³-hybridized carbons (Fsp3) is 0.438. The molecule has 0 bridgehead atoms. The molecule has 1 saturated heterocycles. The summed E-state index contributed by atoms with van der Waals surface area (Å²) in [5.41, 5.74) is 1.51. The van der Waals surface area contributed by atoms with E-state index in [1.807, 2.05) is 18.2 Å². The van der Waals surface area contributed by atoms with Crippen LogP contribution in [-0.2, 0) is 14.3 Å². The van der Waals surface area contributed by atoms with Gasteiger partial charge in [-0.25, -0.2) is 4.79 Å². The van der Waals surface area contributed by atoms with Gasteiger partial charge in [-0.2, -0.15) is 0 Å². The Kier molecular flexibility index (Phi) is 4.45. The van der Waals surface area contributed by atoms with Gasteiger partial charge in [0.25, 0.3) is 0 Å². The number of ether oxygens (including phenoxy) is 1. The lowest BCUT2D eigenvalue weighted by atomic mass is 9.90. The van der Waals surface area contributed by atoms with E-state index in [0.29, 0.717) is 31.9 Å². The van der Waals surface area contributed by atoms with Crippen LogP contribution >= 0.6 is 0 Å². The van der Waals surface area contributed by atoms with E-state index < -0.39 is 5.92 Å². The van der Waals surface area contributed by atoms with Crippen molar-refractivity contribution in [3.05, 3.63) is 29.8 Å². The Hall–Kier alpha value is -2.57. The van der Waals surface area contributed by atoms with Gasteiger partial charge in [0, 0.05) is 31.7 Å². The van der Waals surface area contributed by atoms with E-state index in [0.717, 1.165) is 12.0 Å². The number of hydrogen-bond donors (Lipinski definition) is 2. The van der Waals surface area contributed by atoms with E-state index in [1.54, 1.807) is 11.0 Å². The summed E-state index contributed by atoms with van der Waals surface area (Å²) in [4.78, 5) is 37.2. The minimum atomic E-state index is -0.492. The van der Waals surface area contributed by atoms with Crippen molar-refractivity contribution < 1.29 is 19.1 Å². The van der Waals surface area contributed by atoms with Crippen molar-refractivity contribution in [2.24, 2.45) is 0 Å². The fourth-order valence-electron chi connectivity index (χ4n) is 2.88. The zero-order chi connectivity index (χ0) is 16.2. The smallest absolute Gasteiger partial charge is 0.409 e. The second kappa shape index (κ2) is 6.68. The van der Waals surface area contributed by atoms with Gasteiger partial charge in [0.15, 0.2) is 0 Å². The number of fused-ring (bicyclic) bond motifs is 1. The lowest BCUT2D eigenvalue weighted by Gasteiger charge is -2.27. The highest BCUT2D eigenvalue weighted by molar-refractivity contribution is 6.01. The molecule has 0 aromatic heterocycles. The molecule has 0 radical (unpaired) electrons. The summed E-state index contributed by atoms with van der Waals surface area (Å²) in [5, 5.41) is 5.58. The van der Waals surface area contributed by atoms with Crippen molar-refractivity contribution in [3.63, 3.8) is 0 Å². The van der Waals surface area contributed by atoms with Crippen molar-refractivity contribution in [1.29, 1.82) is 0 Å². The quantitative estimate of drug-likeness (QED) is 0.869. The molecule has 1 atom stereocenters. The number of nitrogens with one attached hydrogen (secondary N) is 2. The van der Waals surface area contributed by atoms with E-state index in [9.17, 15) is 14.4 Å². The topological polar surface area (TPSA) is 87.7 Å². The third-order valence-corrected chi connectivity index (χ3v) is 4.05. The number of benzene rings is 1. The maximum Gasteiger partial charge on any atom is 0.409 e. The summed E-state index contributed by atoms with van der Waals surface area (Å²) in [7, 11) is 0. The first-order valence-corrected chi connectivity index (χ1v) is 7.73. The summed E-state index contributed by atoms with van der Waals surface area (Å²) in [5.74, 6) is -0.852. The lowest BCUT2D eigenvalue weighted by molar-refractivity contribution is -0.126. The van der Waals surface area contributed by atoms with E-state index >= 15 is 0 Å². The molecule has 7 heteroatoms. The molecule has 0 spiro atoms. The molecule has 0 aliphatic carbocycles. The highest BCUT2D eigenvalue weighted by Gasteiger charge is 2.30. The van der Waals surface area contributed by atoms with Crippen LogP contribution < -0.4 is 10.6 Å². The first-order valence-electron chi connectivity index (χ1n) is 7.73. The Morgan fingerprint density at radius 1 is 1.35 bits per heavy atom. The van der Waals surface area contributed by atoms with Gasteiger partial charge in [0.05, 0.1) is 12.5 Å². The van der Waals surface area contributed by atoms with Crippen LogP contribution in [0.15, 0.2) is 24.3 Å². The van der Waals surface area contributed by atoms with E-state index in [1.165, 1.54) is 0 Å². The molecule has 2 aliphatic rings. The summed E-state index contributed by atoms with van der Waals surface area (Å²) < 4.78 is 4.95. The number of rotatable bonds is 4. The maximum absolute atomic E-state index is 12.4. The monoisotopic (exact) mass is 317 g/mol. The molecule has 122 valence electrons. The lowest BCUT2D eigenvalue weighted by Crippen LogP contribution is -2.43. The van der Waals surface area contributed by atoms with Gasteiger partial charge >= 0.3 is 6.09 Å². The number of amides is 3. The Labute approximate surface area is 134 Å². The highest BCUT2D eigenvalue weighted by Crippen LogP contribution is 2.31. The van der Waals surface area contributed by atoms with Gasteiger partial charge in [-0.3, -0.25) is 9.59 Å². The minimum absolute atomic E-state index is 0.134. The second-order valence-electron chi connectivity index (χ2n) is 5.64. The fourth-order valence-corrected chi connectivity index (χ4v) is 2.88. The zero-order valence-corrected chi connectivity index (χ0v) is 12.7. The molecular formula is C16H19N3O4. The third kappa shape index (κ3) is 3.44. The normalized spacial score (nSPS) is 20.3. The van der Waals surface area contributed by atoms with Crippen molar-refractivity contribution in [3.8, 4) is 0 Å². The van der Waals surface area contributed by atoms with Gasteiger partial charge in [0.2, 0.25) is 11.8 Å². The Morgan fingerprint density at radius 2 is 2.17 bits per heavy atom. The second-order valence-corrected chi connectivity index (χ2v) is 5.64. The average molecular weight is 317 g/mol. The molecule has 7 nitrogen and oxygen atoms in total. The highest BCUT2D eigenvalue weighted by atomic mass is 16.6. The molecule has 1 unspecified atom stereocenters. The molecular weight excluding hydrogens is 298 g/mol. The molecule has 0 saturated carbocycles. The van der Waals surface area contributed by atoms with Gasteiger partial charge in [0.1, 0.15) is 0 Å². The van der Waals surface area contributed by atoms with Crippen LogP contribution in [0.2, 0.25) is 0 Å². The summed E-state index contributed by atoms with van der Waals surface area (Å²) in [6.07, 6.45) is 0.595. The standard InChI is InChI=1S/C16H19N3O4/c20-14-10-12(11-4-1-2-5-13(11)18-14)15(21)17-6-8-19-7-3-9-23-16(19)22/h1-2,4-5,12H,3,6-10H2,(H,17,21)(H,18,20). The molecule has 2 aliphatic heterocycles. The number of nitrogens with zero attached hydrogens (tertiary/aromatic N) is 1. The molecule has 1 aromatic rings. The third-order valence-electron chi connectivity index (χ3n) is 4.05. The number of cyclic esters (lactones) is 1. The van der Waals surface area contributed by atoms with Gasteiger partial charge in [-0.15, -0.1) is 0 Å². The summed E-state index contributed by atoms with van der Waals surface area (Å²) >= 11 is 0.